The third kappa shape index (κ3) is 6.74. The number of halogens is 1. The number of carbonyl (C=O) groups is 2. The van der Waals surface area contributed by atoms with Gasteiger partial charge in [0.05, 0.1) is 31.7 Å². The number of aliphatic hydroxyl groups excluding tert-OH is 1. The molecule has 0 saturated carbocycles. The second kappa shape index (κ2) is 10.1. The number of benzene rings is 1. The number of nitrogens with one attached hydrogen (secondary N) is 2. The fraction of sp³-hybridized carbons (Fsp3) is 0.474. The maximum atomic E-state index is 13.6. The van der Waals surface area contributed by atoms with E-state index < -0.39 is 18.2 Å². The molecule has 8 heteroatoms. The van der Waals surface area contributed by atoms with Crippen LogP contribution in [0.1, 0.15) is 12.0 Å². The summed E-state index contributed by atoms with van der Waals surface area (Å²) in [6, 6.07) is 5.78. The lowest BCUT2D eigenvalue weighted by molar-refractivity contribution is -0.128. The Bertz CT molecular complexity index is 681. The highest BCUT2D eigenvalue weighted by atomic mass is 19.1. The number of aliphatic hydroxyl groups is 1. The molecule has 1 heterocycles. The quantitative estimate of drug-likeness (QED) is 0.561. The first-order chi connectivity index (χ1) is 12.9. The third-order valence-electron chi connectivity index (χ3n) is 4.07. The number of amides is 2. The number of hydrogen-bond donors (Lipinski definition) is 3. The summed E-state index contributed by atoms with van der Waals surface area (Å²) in [6.45, 7) is 0.0313. The van der Waals surface area contributed by atoms with E-state index in [9.17, 15) is 19.1 Å². The van der Waals surface area contributed by atoms with Crippen molar-refractivity contribution in [2.75, 3.05) is 27.2 Å². The number of carbonyl (C=O) groups excluding carboxylic acids is 2. The lowest BCUT2D eigenvalue weighted by Crippen LogP contribution is -2.50. The van der Waals surface area contributed by atoms with Gasteiger partial charge in [-0.25, -0.2) is 4.39 Å². The lowest BCUT2D eigenvalue weighted by atomic mass is 10.0. The molecule has 0 bridgehead atoms. The summed E-state index contributed by atoms with van der Waals surface area (Å²) in [5.74, 6) is -0.847. The van der Waals surface area contributed by atoms with Crippen LogP contribution in [0.2, 0.25) is 0 Å². The Morgan fingerprint density at radius 3 is 2.63 bits per heavy atom. The zero-order valence-electron chi connectivity index (χ0n) is 15.5. The highest BCUT2D eigenvalue weighted by molar-refractivity contribution is 5.78. The van der Waals surface area contributed by atoms with E-state index in [2.05, 4.69) is 10.6 Å². The van der Waals surface area contributed by atoms with E-state index in [1.807, 2.05) is 0 Å². The molecule has 2 amide bonds. The fourth-order valence-corrected chi connectivity index (χ4v) is 2.75. The molecular formula is C19H26FN3O4. The molecule has 1 aliphatic heterocycles. The second-order valence-electron chi connectivity index (χ2n) is 6.68. The van der Waals surface area contributed by atoms with Gasteiger partial charge in [-0.1, -0.05) is 30.4 Å². The fourth-order valence-electron chi connectivity index (χ4n) is 2.75. The Hall–Kier alpha value is -2.29. The molecule has 0 fully saturated rings. The average Bonchev–Trinajstić information content (AvgIpc) is 2.61. The Morgan fingerprint density at radius 2 is 1.96 bits per heavy atom. The molecular weight excluding hydrogens is 353 g/mol. The molecule has 27 heavy (non-hydrogen) atoms. The van der Waals surface area contributed by atoms with Gasteiger partial charge in [-0.3, -0.25) is 9.59 Å². The van der Waals surface area contributed by atoms with Gasteiger partial charge in [0.15, 0.2) is 0 Å². The van der Waals surface area contributed by atoms with Crippen molar-refractivity contribution < 1.29 is 23.8 Å². The summed E-state index contributed by atoms with van der Waals surface area (Å²) >= 11 is 0. The lowest BCUT2D eigenvalue weighted by Gasteiger charge is -2.32. The number of likely N-dealkylation sites (N-methyl/N-ethyl adjacent to an activating group) is 1. The molecule has 1 aliphatic rings. The van der Waals surface area contributed by atoms with Crippen molar-refractivity contribution in [1.82, 2.24) is 15.5 Å². The van der Waals surface area contributed by atoms with E-state index in [4.69, 9.17) is 4.74 Å². The SMILES string of the molecule is CN(C)CC(=O)N[C@H]1C=C[C@H](CC(=O)NCc2ccccc2F)O[C@H]1CO. The van der Waals surface area contributed by atoms with Gasteiger partial charge >= 0.3 is 0 Å². The van der Waals surface area contributed by atoms with Crippen molar-refractivity contribution in [1.29, 1.82) is 0 Å². The van der Waals surface area contributed by atoms with Gasteiger partial charge in [0.2, 0.25) is 11.8 Å². The minimum Gasteiger partial charge on any atom is -0.394 e. The van der Waals surface area contributed by atoms with E-state index >= 15 is 0 Å². The Balaban J connectivity index is 1.85. The first-order valence-corrected chi connectivity index (χ1v) is 8.78. The molecule has 3 atom stereocenters. The predicted molar refractivity (Wildman–Crippen MR) is 98.2 cm³/mol. The van der Waals surface area contributed by atoms with Gasteiger partial charge in [0.1, 0.15) is 11.9 Å². The molecule has 0 spiro atoms. The molecule has 148 valence electrons. The zero-order valence-corrected chi connectivity index (χ0v) is 15.5. The molecule has 0 unspecified atom stereocenters. The summed E-state index contributed by atoms with van der Waals surface area (Å²) in [5, 5.41) is 15.0. The topological polar surface area (TPSA) is 90.9 Å². The van der Waals surface area contributed by atoms with Crippen LogP contribution in [0.5, 0.6) is 0 Å². The van der Waals surface area contributed by atoms with Crippen LogP contribution in [0, 0.1) is 5.82 Å². The van der Waals surface area contributed by atoms with Crippen molar-refractivity contribution in [2.24, 2.45) is 0 Å². The smallest absolute Gasteiger partial charge is 0.234 e. The van der Waals surface area contributed by atoms with Gasteiger partial charge in [-0.2, -0.15) is 0 Å². The van der Waals surface area contributed by atoms with E-state index in [0.29, 0.717) is 5.56 Å². The Kier molecular flexibility index (Phi) is 7.90. The van der Waals surface area contributed by atoms with Crippen molar-refractivity contribution in [3.05, 3.63) is 47.8 Å². The van der Waals surface area contributed by atoms with Crippen LogP contribution in [0.25, 0.3) is 0 Å². The van der Waals surface area contributed by atoms with E-state index in [0.717, 1.165) is 0 Å². The molecule has 1 aromatic rings. The van der Waals surface area contributed by atoms with Crippen molar-refractivity contribution >= 4 is 11.8 Å². The van der Waals surface area contributed by atoms with E-state index in [1.54, 1.807) is 49.3 Å². The summed E-state index contributed by atoms with van der Waals surface area (Å²) in [7, 11) is 3.57. The van der Waals surface area contributed by atoms with Crippen LogP contribution in [-0.2, 0) is 20.9 Å². The largest absolute Gasteiger partial charge is 0.394 e. The van der Waals surface area contributed by atoms with Crippen LogP contribution < -0.4 is 10.6 Å². The van der Waals surface area contributed by atoms with E-state index in [1.165, 1.54) is 6.07 Å². The molecule has 1 aromatic carbocycles. The minimum atomic E-state index is -0.634. The molecule has 2 rings (SSSR count). The summed E-state index contributed by atoms with van der Waals surface area (Å²) in [6.07, 6.45) is 2.30. The standard InChI is InChI=1S/C19H26FN3O4/c1-23(2)11-19(26)22-16-8-7-14(27-17(16)12-24)9-18(25)21-10-13-5-3-4-6-15(13)20/h3-8,14,16-17,24H,9-12H2,1-2H3,(H,21,25)(H,22,26)/t14-,16+,17+/m1/s1. The molecule has 7 nitrogen and oxygen atoms in total. The molecule has 0 radical (unpaired) electrons. The first kappa shape index (κ1) is 21.0. The highest BCUT2D eigenvalue weighted by Crippen LogP contribution is 2.16. The van der Waals surface area contributed by atoms with Gasteiger partial charge < -0.3 is 25.4 Å². The number of rotatable bonds is 8. The normalized spacial score (nSPS) is 21.9. The molecule has 0 aromatic heterocycles. The van der Waals surface area contributed by atoms with Crippen LogP contribution in [0.3, 0.4) is 0 Å². The van der Waals surface area contributed by atoms with Crippen molar-refractivity contribution in [3.63, 3.8) is 0 Å². The summed E-state index contributed by atoms with van der Waals surface area (Å²) in [5.41, 5.74) is 0.405. The van der Waals surface area contributed by atoms with Gasteiger partial charge in [0.25, 0.3) is 0 Å². The van der Waals surface area contributed by atoms with Crippen LogP contribution in [0.4, 0.5) is 4.39 Å². The monoisotopic (exact) mass is 379 g/mol. The van der Waals surface area contributed by atoms with Crippen LogP contribution >= 0.6 is 0 Å². The number of ether oxygens (including phenoxy) is 1. The number of nitrogens with zero attached hydrogens (tertiary/aromatic N) is 1. The summed E-state index contributed by atoms with van der Waals surface area (Å²) in [4.78, 5) is 25.7. The maximum Gasteiger partial charge on any atom is 0.234 e. The van der Waals surface area contributed by atoms with Crippen molar-refractivity contribution in [2.45, 2.75) is 31.2 Å². The predicted octanol–water partition coefficient (Wildman–Crippen LogP) is 0.194. The van der Waals surface area contributed by atoms with Gasteiger partial charge in [-0.15, -0.1) is 0 Å². The number of hydrogen-bond acceptors (Lipinski definition) is 5. The molecule has 0 saturated heterocycles. The van der Waals surface area contributed by atoms with Crippen LogP contribution in [0.15, 0.2) is 36.4 Å². The Labute approximate surface area is 158 Å². The van der Waals surface area contributed by atoms with Crippen molar-refractivity contribution in [3.8, 4) is 0 Å². The summed E-state index contributed by atoms with van der Waals surface area (Å²) < 4.78 is 19.3. The second-order valence-corrected chi connectivity index (χ2v) is 6.68. The van der Waals surface area contributed by atoms with E-state index in [-0.39, 0.29) is 43.7 Å². The zero-order chi connectivity index (χ0) is 19.8. The average molecular weight is 379 g/mol. The molecule has 0 aliphatic carbocycles. The maximum absolute atomic E-state index is 13.6. The highest BCUT2D eigenvalue weighted by Gasteiger charge is 2.29. The molecule has 3 N–H and O–H groups in total. The first-order valence-electron chi connectivity index (χ1n) is 8.78. The van der Waals surface area contributed by atoms with Crippen LogP contribution in [-0.4, -0.2) is 67.3 Å². The Morgan fingerprint density at radius 1 is 1.22 bits per heavy atom. The minimum absolute atomic E-state index is 0.0415. The van der Waals surface area contributed by atoms with Gasteiger partial charge in [-0.05, 0) is 20.2 Å². The third-order valence-corrected chi connectivity index (χ3v) is 4.07. The van der Waals surface area contributed by atoms with Gasteiger partial charge in [0, 0.05) is 12.1 Å².